The Kier molecular flexibility index (Phi) is 4.39. The Morgan fingerprint density at radius 3 is 2.88 bits per heavy atom. The molecule has 3 aromatic rings. The summed E-state index contributed by atoms with van der Waals surface area (Å²) in [5.74, 6) is -0.286. The molecule has 0 saturated heterocycles. The predicted molar refractivity (Wildman–Crippen MR) is 94.1 cm³/mol. The smallest absolute Gasteiger partial charge is 0.274 e. The Balaban J connectivity index is 1.91. The minimum absolute atomic E-state index is 0.256. The SMILES string of the molecule is CN(C)Cc1cccc(NC(=O)c2c[nH]c(=O)c3ncccc23)c1. The fourth-order valence-corrected chi connectivity index (χ4v) is 2.59. The maximum absolute atomic E-state index is 12.6. The van der Waals surface area contributed by atoms with Crippen LogP contribution >= 0.6 is 0 Å². The molecule has 24 heavy (non-hydrogen) atoms. The van der Waals surface area contributed by atoms with Gasteiger partial charge in [0, 0.05) is 30.0 Å². The summed E-state index contributed by atoms with van der Waals surface area (Å²) in [6.45, 7) is 0.787. The molecule has 0 spiro atoms. The van der Waals surface area contributed by atoms with Crippen molar-refractivity contribution in [1.82, 2.24) is 14.9 Å². The number of benzene rings is 1. The van der Waals surface area contributed by atoms with Gasteiger partial charge in [0.2, 0.25) is 0 Å². The van der Waals surface area contributed by atoms with Gasteiger partial charge in [0.1, 0.15) is 5.52 Å². The number of H-pyrrole nitrogens is 1. The van der Waals surface area contributed by atoms with E-state index in [9.17, 15) is 9.59 Å². The number of rotatable bonds is 4. The lowest BCUT2D eigenvalue weighted by Gasteiger charge is -2.12. The zero-order valence-electron chi connectivity index (χ0n) is 13.5. The molecule has 0 aliphatic heterocycles. The van der Waals surface area contributed by atoms with Gasteiger partial charge in [-0.2, -0.15) is 0 Å². The standard InChI is InChI=1S/C18H18N4O2/c1-22(2)11-12-5-3-6-13(9-12)21-17(23)15-10-20-18(24)16-14(15)7-4-8-19-16/h3-10H,11H2,1-2H3,(H,20,24)(H,21,23). The number of nitrogens with zero attached hydrogens (tertiary/aromatic N) is 2. The second-order valence-corrected chi connectivity index (χ2v) is 5.82. The molecule has 6 heteroatoms. The molecule has 0 aliphatic rings. The first kappa shape index (κ1) is 15.9. The molecule has 0 saturated carbocycles. The van der Waals surface area contributed by atoms with Crippen LogP contribution in [0.5, 0.6) is 0 Å². The van der Waals surface area contributed by atoms with E-state index in [0.717, 1.165) is 12.1 Å². The van der Waals surface area contributed by atoms with Gasteiger partial charge in [-0.15, -0.1) is 0 Å². The highest BCUT2D eigenvalue weighted by Crippen LogP contribution is 2.16. The van der Waals surface area contributed by atoms with E-state index >= 15 is 0 Å². The summed E-state index contributed by atoms with van der Waals surface area (Å²) >= 11 is 0. The molecule has 0 bridgehead atoms. The number of carbonyl (C=O) groups is 1. The quantitative estimate of drug-likeness (QED) is 0.772. The van der Waals surface area contributed by atoms with E-state index in [1.54, 1.807) is 12.1 Å². The zero-order valence-corrected chi connectivity index (χ0v) is 13.5. The van der Waals surface area contributed by atoms with E-state index in [-0.39, 0.29) is 17.0 Å². The van der Waals surface area contributed by atoms with Gasteiger partial charge in [0.25, 0.3) is 11.5 Å². The summed E-state index contributed by atoms with van der Waals surface area (Å²) in [4.78, 5) is 33.1. The number of pyridine rings is 2. The molecule has 2 heterocycles. The van der Waals surface area contributed by atoms with E-state index in [1.807, 2.05) is 38.4 Å². The van der Waals surface area contributed by atoms with Gasteiger partial charge in [-0.3, -0.25) is 14.6 Å². The topological polar surface area (TPSA) is 78.1 Å². The number of nitrogens with one attached hydrogen (secondary N) is 2. The molecular weight excluding hydrogens is 304 g/mol. The van der Waals surface area contributed by atoms with Crippen molar-refractivity contribution in [2.24, 2.45) is 0 Å². The summed E-state index contributed by atoms with van der Waals surface area (Å²) in [6, 6.07) is 11.1. The lowest BCUT2D eigenvalue weighted by atomic mass is 10.1. The number of carbonyl (C=O) groups excluding carboxylic acids is 1. The number of hydrogen-bond acceptors (Lipinski definition) is 4. The van der Waals surface area contributed by atoms with Crippen LogP contribution in [0.1, 0.15) is 15.9 Å². The summed E-state index contributed by atoms with van der Waals surface area (Å²) < 4.78 is 0. The van der Waals surface area contributed by atoms with E-state index < -0.39 is 0 Å². The van der Waals surface area contributed by atoms with Gasteiger partial charge >= 0.3 is 0 Å². The molecule has 0 unspecified atom stereocenters. The number of aromatic nitrogens is 2. The monoisotopic (exact) mass is 322 g/mol. The van der Waals surface area contributed by atoms with Crippen molar-refractivity contribution in [3.63, 3.8) is 0 Å². The molecule has 2 N–H and O–H groups in total. The van der Waals surface area contributed by atoms with Crippen LogP contribution in [0.25, 0.3) is 10.9 Å². The molecule has 3 rings (SSSR count). The summed E-state index contributed by atoms with van der Waals surface area (Å²) in [5.41, 5.74) is 2.14. The highest BCUT2D eigenvalue weighted by Gasteiger charge is 2.13. The van der Waals surface area contributed by atoms with Crippen LogP contribution < -0.4 is 10.9 Å². The second-order valence-electron chi connectivity index (χ2n) is 5.82. The number of fused-ring (bicyclic) bond motifs is 1. The maximum atomic E-state index is 12.6. The second kappa shape index (κ2) is 6.64. The lowest BCUT2D eigenvalue weighted by molar-refractivity contribution is 0.102. The third kappa shape index (κ3) is 3.33. The maximum Gasteiger partial charge on any atom is 0.274 e. The van der Waals surface area contributed by atoms with Gasteiger partial charge in [0.15, 0.2) is 0 Å². The molecule has 0 aliphatic carbocycles. The molecule has 2 aromatic heterocycles. The molecular formula is C18H18N4O2. The summed E-state index contributed by atoms with van der Waals surface area (Å²) in [7, 11) is 3.98. The highest BCUT2D eigenvalue weighted by molar-refractivity contribution is 6.11. The molecule has 1 aromatic carbocycles. The van der Waals surface area contributed by atoms with Gasteiger partial charge in [0.05, 0.1) is 5.56 Å². The molecule has 0 fully saturated rings. The van der Waals surface area contributed by atoms with Gasteiger partial charge in [-0.25, -0.2) is 0 Å². The van der Waals surface area contributed by atoms with Crippen LogP contribution in [0.2, 0.25) is 0 Å². The van der Waals surface area contributed by atoms with Gasteiger partial charge in [-0.05, 0) is 37.9 Å². The van der Waals surface area contributed by atoms with Crippen LogP contribution in [0.15, 0.2) is 53.6 Å². The fourth-order valence-electron chi connectivity index (χ4n) is 2.59. The van der Waals surface area contributed by atoms with E-state index in [4.69, 9.17) is 0 Å². The Labute approximate surface area is 139 Å². The minimum atomic E-state index is -0.310. The Morgan fingerprint density at radius 2 is 2.08 bits per heavy atom. The van der Waals surface area contributed by atoms with Gasteiger partial charge in [-0.1, -0.05) is 18.2 Å². The van der Waals surface area contributed by atoms with Gasteiger partial charge < -0.3 is 15.2 Å². The lowest BCUT2D eigenvalue weighted by Crippen LogP contribution is -2.17. The molecule has 0 radical (unpaired) electrons. The van der Waals surface area contributed by atoms with Crippen molar-refractivity contribution >= 4 is 22.5 Å². The van der Waals surface area contributed by atoms with Crippen LogP contribution in [-0.4, -0.2) is 34.9 Å². The average Bonchev–Trinajstić information content (AvgIpc) is 2.55. The first-order valence-electron chi connectivity index (χ1n) is 7.56. The third-order valence-corrected chi connectivity index (χ3v) is 3.59. The number of anilines is 1. The highest BCUT2D eigenvalue weighted by atomic mass is 16.1. The van der Waals surface area contributed by atoms with Crippen molar-refractivity contribution in [2.75, 3.05) is 19.4 Å². The van der Waals surface area contributed by atoms with Crippen molar-refractivity contribution in [3.05, 3.63) is 70.3 Å². The Morgan fingerprint density at radius 1 is 1.25 bits per heavy atom. The van der Waals surface area contributed by atoms with Crippen molar-refractivity contribution < 1.29 is 4.79 Å². The number of hydrogen-bond donors (Lipinski definition) is 2. The predicted octanol–water partition coefficient (Wildman–Crippen LogP) is 2.24. The third-order valence-electron chi connectivity index (χ3n) is 3.59. The van der Waals surface area contributed by atoms with Crippen LogP contribution in [-0.2, 0) is 6.54 Å². The van der Waals surface area contributed by atoms with E-state index in [2.05, 4.69) is 20.2 Å². The minimum Gasteiger partial charge on any atom is -0.326 e. The number of aromatic amines is 1. The molecule has 0 atom stereocenters. The fraction of sp³-hybridized carbons (Fsp3) is 0.167. The average molecular weight is 322 g/mol. The molecule has 1 amide bonds. The first-order chi connectivity index (χ1) is 11.5. The van der Waals surface area contributed by atoms with Crippen molar-refractivity contribution in [3.8, 4) is 0 Å². The van der Waals surface area contributed by atoms with E-state index in [0.29, 0.717) is 16.6 Å². The largest absolute Gasteiger partial charge is 0.326 e. The Bertz CT molecular complexity index is 947. The first-order valence-corrected chi connectivity index (χ1v) is 7.56. The summed E-state index contributed by atoms with van der Waals surface area (Å²) in [5, 5.41) is 3.41. The van der Waals surface area contributed by atoms with Crippen molar-refractivity contribution in [1.29, 1.82) is 0 Å². The Hall–Kier alpha value is -2.99. The van der Waals surface area contributed by atoms with Crippen LogP contribution in [0.3, 0.4) is 0 Å². The molecule has 6 nitrogen and oxygen atoms in total. The normalized spacial score (nSPS) is 11.0. The van der Waals surface area contributed by atoms with Crippen LogP contribution in [0.4, 0.5) is 5.69 Å². The van der Waals surface area contributed by atoms with E-state index in [1.165, 1.54) is 12.4 Å². The zero-order chi connectivity index (χ0) is 17.1. The van der Waals surface area contributed by atoms with Crippen LogP contribution in [0, 0.1) is 0 Å². The van der Waals surface area contributed by atoms with Crippen molar-refractivity contribution in [2.45, 2.75) is 6.54 Å². The molecule has 122 valence electrons. The summed E-state index contributed by atoms with van der Waals surface area (Å²) in [6.07, 6.45) is 2.95. The number of amides is 1.